The standard InChI is InChI=1S/C17H12FNO6.C6H6O2/c1-2-24-17(21)15-11-7-13(20)12(19(22)23)8-14(11)25-16(15)9-3-5-10(18)6-4-9;7-5-2-1-3-6(8)4-5/h3-8,20H,2H2,1H3;1-4,7-8H. The molecule has 0 saturated carbocycles. The van der Waals surface area contributed by atoms with Crippen molar-refractivity contribution in [3.05, 3.63) is 82.2 Å². The number of phenolic OH excluding ortho intramolecular Hbond substituents is 3. The highest BCUT2D eigenvalue weighted by Crippen LogP contribution is 2.39. The first kappa shape index (κ1) is 23.1. The van der Waals surface area contributed by atoms with Crippen molar-refractivity contribution in [3.63, 3.8) is 0 Å². The molecule has 0 fully saturated rings. The molecule has 9 nitrogen and oxygen atoms in total. The first-order chi connectivity index (χ1) is 15.7. The third-order valence-electron chi connectivity index (χ3n) is 4.40. The summed E-state index contributed by atoms with van der Waals surface area (Å²) in [6.07, 6.45) is 0. The molecule has 3 aromatic carbocycles. The Kier molecular flexibility index (Phi) is 6.77. The van der Waals surface area contributed by atoms with E-state index in [-0.39, 0.29) is 40.4 Å². The Labute approximate surface area is 186 Å². The molecule has 1 aromatic heterocycles. The summed E-state index contributed by atoms with van der Waals surface area (Å²) < 4.78 is 23.8. The van der Waals surface area contributed by atoms with Crippen molar-refractivity contribution in [2.75, 3.05) is 6.61 Å². The largest absolute Gasteiger partial charge is 0.508 e. The van der Waals surface area contributed by atoms with Crippen LogP contribution < -0.4 is 0 Å². The number of carbonyl (C=O) groups excluding carboxylic acids is 1. The Morgan fingerprint density at radius 1 is 1.06 bits per heavy atom. The van der Waals surface area contributed by atoms with Gasteiger partial charge in [-0.05, 0) is 49.4 Å². The number of furan rings is 1. The molecule has 10 heteroatoms. The number of carbonyl (C=O) groups is 1. The lowest BCUT2D eigenvalue weighted by Gasteiger charge is -2.03. The predicted octanol–water partition coefficient (Wildman–Crippen LogP) is 5.13. The molecule has 170 valence electrons. The summed E-state index contributed by atoms with van der Waals surface area (Å²) in [5, 5.41) is 38.3. The van der Waals surface area contributed by atoms with Gasteiger partial charge in [-0.3, -0.25) is 10.1 Å². The minimum absolute atomic E-state index is 0.00801. The number of hydrogen-bond donors (Lipinski definition) is 3. The molecule has 0 saturated heterocycles. The Morgan fingerprint density at radius 3 is 2.21 bits per heavy atom. The van der Waals surface area contributed by atoms with E-state index in [1.165, 1.54) is 42.5 Å². The normalized spacial score (nSPS) is 10.4. The summed E-state index contributed by atoms with van der Waals surface area (Å²) in [5.74, 6) is -1.53. The van der Waals surface area contributed by atoms with E-state index >= 15 is 0 Å². The van der Waals surface area contributed by atoms with Crippen molar-refractivity contribution >= 4 is 22.6 Å². The van der Waals surface area contributed by atoms with Gasteiger partial charge in [0.2, 0.25) is 0 Å². The SMILES string of the molecule is CCOC(=O)c1c(-c2ccc(F)cc2)oc2cc([N+](=O)[O-])c(O)cc12.Oc1cccc(O)c1. The molecule has 0 spiro atoms. The van der Waals surface area contributed by atoms with Crippen LogP contribution in [0.15, 0.2) is 65.1 Å². The van der Waals surface area contributed by atoms with E-state index in [9.17, 15) is 24.4 Å². The van der Waals surface area contributed by atoms with Crippen LogP contribution in [0, 0.1) is 15.9 Å². The zero-order valence-corrected chi connectivity index (χ0v) is 17.2. The number of hydrogen-bond acceptors (Lipinski definition) is 8. The van der Waals surface area contributed by atoms with Crippen LogP contribution in [0.3, 0.4) is 0 Å². The van der Waals surface area contributed by atoms with Gasteiger partial charge in [-0.1, -0.05) is 6.07 Å². The number of nitrogens with zero attached hydrogens (tertiary/aromatic N) is 1. The van der Waals surface area contributed by atoms with E-state index in [0.717, 1.165) is 12.1 Å². The number of fused-ring (bicyclic) bond motifs is 1. The van der Waals surface area contributed by atoms with Gasteiger partial charge in [-0.25, -0.2) is 9.18 Å². The number of aromatic hydroxyl groups is 3. The Morgan fingerprint density at radius 2 is 1.70 bits per heavy atom. The van der Waals surface area contributed by atoms with Crippen molar-refractivity contribution in [1.29, 1.82) is 0 Å². The summed E-state index contributed by atoms with van der Waals surface area (Å²) in [4.78, 5) is 22.5. The van der Waals surface area contributed by atoms with Crippen LogP contribution in [0.1, 0.15) is 17.3 Å². The highest BCUT2D eigenvalue weighted by atomic mass is 19.1. The minimum Gasteiger partial charge on any atom is -0.508 e. The summed E-state index contributed by atoms with van der Waals surface area (Å²) in [6, 6.07) is 13.2. The van der Waals surface area contributed by atoms with E-state index in [2.05, 4.69) is 0 Å². The zero-order chi connectivity index (χ0) is 24.1. The number of ether oxygens (including phenoxy) is 1. The maximum absolute atomic E-state index is 13.2. The molecule has 0 aliphatic rings. The summed E-state index contributed by atoms with van der Waals surface area (Å²) >= 11 is 0. The molecule has 1 heterocycles. The predicted molar refractivity (Wildman–Crippen MR) is 116 cm³/mol. The third kappa shape index (κ3) is 5.18. The van der Waals surface area contributed by atoms with Crippen LogP contribution >= 0.6 is 0 Å². The molecule has 0 unspecified atom stereocenters. The number of nitro benzene ring substituents is 1. The lowest BCUT2D eigenvalue weighted by molar-refractivity contribution is -0.385. The van der Waals surface area contributed by atoms with Gasteiger partial charge < -0.3 is 24.5 Å². The number of rotatable bonds is 4. The van der Waals surface area contributed by atoms with Crippen LogP contribution in [-0.4, -0.2) is 32.8 Å². The fourth-order valence-electron chi connectivity index (χ4n) is 2.97. The van der Waals surface area contributed by atoms with Crippen molar-refractivity contribution in [2.45, 2.75) is 6.92 Å². The molecule has 0 aliphatic heterocycles. The van der Waals surface area contributed by atoms with Crippen LogP contribution in [-0.2, 0) is 4.74 Å². The van der Waals surface area contributed by atoms with Gasteiger partial charge in [0, 0.05) is 17.0 Å². The van der Waals surface area contributed by atoms with Crippen LogP contribution in [0.5, 0.6) is 17.2 Å². The average molecular weight is 455 g/mol. The molecule has 3 N–H and O–H groups in total. The van der Waals surface area contributed by atoms with Gasteiger partial charge >= 0.3 is 11.7 Å². The molecule has 33 heavy (non-hydrogen) atoms. The lowest BCUT2D eigenvalue weighted by atomic mass is 10.0. The van der Waals surface area contributed by atoms with Crippen molar-refractivity contribution in [3.8, 4) is 28.6 Å². The zero-order valence-electron chi connectivity index (χ0n) is 17.2. The fraction of sp³-hybridized carbons (Fsp3) is 0.0870. The second-order valence-corrected chi connectivity index (χ2v) is 6.65. The topological polar surface area (TPSA) is 143 Å². The molecule has 0 amide bonds. The molecule has 4 rings (SSSR count). The van der Waals surface area contributed by atoms with Crippen LogP contribution in [0.25, 0.3) is 22.3 Å². The van der Waals surface area contributed by atoms with E-state index in [4.69, 9.17) is 19.4 Å². The molecule has 0 aliphatic carbocycles. The van der Waals surface area contributed by atoms with Crippen LogP contribution in [0.4, 0.5) is 10.1 Å². The minimum atomic E-state index is -0.765. The summed E-state index contributed by atoms with van der Waals surface area (Å²) in [5.41, 5.74) is -0.120. The number of benzene rings is 3. The lowest BCUT2D eigenvalue weighted by Crippen LogP contribution is -2.05. The van der Waals surface area contributed by atoms with Crippen LogP contribution in [0.2, 0.25) is 0 Å². The van der Waals surface area contributed by atoms with Crippen molar-refractivity contribution in [1.82, 2.24) is 0 Å². The van der Waals surface area contributed by atoms with Gasteiger partial charge in [-0.15, -0.1) is 0 Å². The monoisotopic (exact) mass is 455 g/mol. The van der Waals surface area contributed by atoms with Gasteiger partial charge in [0.25, 0.3) is 0 Å². The maximum atomic E-state index is 13.2. The molecule has 4 aromatic rings. The number of esters is 1. The maximum Gasteiger partial charge on any atom is 0.342 e. The molecule has 0 radical (unpaired) electrons. The van der Waals surface area contributed by atoms with Crippen molar-refractivity contribution in [2.24, 2.45) is 0 Å². The van der Waals surface area contributed by atoms with Gasteiger partial charge in [0.1, 0.15) is 34.2 Å². The summed E-state index contributed by atoms with van der Waals surface area (Å²) in [6.45, 7) is 1.73. The van der Waals surface area contributed by atoms with E-state index in [1.54, 1.807) is 13.0 Å². The van der Waals surface area contributed by atoms with E-state index in [1.807, 2.05) is 0 Å². The summed E-state index contributed by atoms with van der Waals surface area (Å²) in [7, 11) is 0. The van der Waals surface area contributed by atoms with Gasteiger partial charge in [0.05, 0.1) is 17.6 Å². The second kappa shape index (κ2) is 9.69. The average Bonchev–Trinajstić information content (AvgIpc) is 3.12. The third-order valence-corrected chi connectivity index (χ3v) is 4.40. The van der Waals surface area contributed by atoms with E-state index < -0.39 is 28.1 Å². The highest BCUT2D eigenvalue weighted by molar-refractivity contribution is 6.09. The van der Waals surface area contributed by atoms with Gasteiger partial charge in [0.15, 0.2) is 5.75 Å². The Bertz CT molecular complexity index is 1300. The molecular formula is C23H18FNO8. The van der Waals surface area contributed by atoms with Gasteiger partial charge in [-0.2, -0.15) is 0 Å². The van der Waals surface area contributed by atoms with E-state index in [0.29, 0.717) is 5.56 Å². The highest BCUT2D eigenvalue weighted by Gasteiger charge is 2.26. The van der Waals surface area contributed by atoms with Crippen molar-refractivity contribution < 1.29 is 38.6 Å². The first-order valence-corrected chi connectivity index (χ1v) is 9.56. The molecule has 0 bridgehead atoms. The number of phenols is 3. The molecule has 0 atom stereocenters. The smallest absolute Gasteiger partial charge is 0.342 e. The molecular weight excluding hydrogens is 437 g/mol. The fourth-order valence-corrected chi connectivity index (χ4v) is 2.97. The second-order valence-electron chi connectivity index (χ2n) is 6.65. The Hall–Kier alpha value is -4.60. The Balaban J connectivity index is 0.000000323. The number of halogens is 1. The first-order valence-electron chi connectivity index (χ1n) is 9.56. The number of nitro groups is 1. The quantitative estimate of drug-likeness (QED) is 0.218.